The first-order valence-electron chi connectivity index (χ1n) is 4.46. The van der Waals surface area contributed by atoms with Crippen molar-refractivity contribution in [3.05, 3.63) is 36.5 Å². The van der Waals surface area contributed by atoms with Crippen molar-refractivity contribution in [2.24, 2.45) is 5.92 Å². The second-order valence-electron chi connectivity index (χ2n) is 2.94. The largest absolute Gasteiger partial charge is 0.119 e. The molecular weight excluding hydrogens is 184 g/mol. The minimum absolute atomic E-state index is 0.0981. The molecule has 1 unspecified atom stereocenters. The zero-order chi connectivity index (χ0) is 10.4. The highest BCUT2D eigenvalue weighted by Gasteiger charge is 2.13. The van der Waals surface area contributed by atoms with Crippen molar-refractivity contribution in [1.82, 2.24) is 0 Å². The van der Waals surface area contributed by atoms with Gasteiger partial charge in [-0.15, -0.1) is 19.4 Å². The summed E-state index contributed by atoms with van der Waals surface area (Å²) >= 11 is 0. The molecule has 0 nitrogen and oxygen atoms in total. The average molecular weight is 196 g/mol. The Morgan fingerprint density at radius 3 is 2.93 bits per heavy atom. The predicted octanol–water partition coefficient (Wildman–Crippen LogP) is 1.58. The zero-order valence-corrected chi connectivity index (χ0v) is 9.19. The van der Waals surface area contributed by atoms with Crippen LogP contribution < -0.4 is 0 Å². The van der Waals surface area contributed by atoms with Gasteiger partial charge in [0.2, 0.25) is 0 Å². The Hall–Kier alpha value is -1.57. The Bertz CT molecular complexity index is 394. The second-order valence-corrected chi connectivity index (χ2v) is 4.44. The zero-order valence-electron chi connectivity index (χ0n) is 8.03. The first-order chi connectivity index (χ1) is 6.83. The molecule has 1 heteroatoms. The van der Waals surface area contributed by atoms with Crippen LogP contribution in [0.4, 0.5) is 0 Å². The second kappa shape index (κ2) is 5.22. The highest BCUT2D eigenvalue weighted by atomic mass is 28.2. The maximum atomic E-state index is 5.45. The van der Waals surface area contributed by atoms with Crippen molar-refractivity contribution in [3.8, 4) is 24.7 Å². The molecule has 1 rings (SSSR count). The van der Waals surface area contributed by atoms with Crippen LogP contribution in [-0.4, -0.2) is 14.3 Å². The van der Waals surface area contributed by atoms with Gasteiger partial charge in [0, 0.05) is 14.7 Å². The summed E-state index contributed by atoms with van der Waals surface area (Å²) in [5.74, 6) is 5.54. The van der Waals surface area contributed by atoms with Crippen LogP contribution in [0.25, 0.3) is 0 Å². The van der Waals surface area contributed by atoms with Crippen molar-refractivity contribution in [3.63, 3.8) is 0 Å². The Kier molecular flexibility index (Phi) is 3.92. The fourth-order valence-corrected chi connectivity index (χ4v) is 2.64. The lowest BCUT2D eigenvalue weighted by Crippen LogP contribution is -2.18. The van der Waals surface area contributed by atoms with Gasteiger partial charge in [-0.3, -0.25) is 0 Å². The fraction of sp³-hybridized carbons (Fsp3) is 0.154. The van der Waals surface area contributed by atoms with Crippen LogP contribution >= 0.6 is 0 Å². The summed E-state index contributed by atoms with van der Waals surface area (Å²) in [5, 5.41) is 1.25. The van der Waals surface area contributed by atoms with E-state index in [1.807, 2.05) is 24.3 Å². The summed E-state index contributed by atoms with van der Waals surface area (Å²) in [6, 6.07) is 1.00. The van der Waals surface area contributed by atoms with Gasteiger partial charge in [-0.25, -0.2) is 0 Å². The molecule has 0 bridgehead atoms. The molecule has 0 aliphatic heterocycles. The van der Waals surface area contributed by atoms with E-state index in [1.54, 1.807) is 0 Å². The van der Waals surface area contributed by atoms with Gasteiger partial charge < -0.3 is 0 Å². The Morgan fingerprint density at radius 2 is 2.36 bits per heavy atom. The van der Waals surface area contributed by atoms with Crippen LogP contribution in [0.3, 0.4) is 0 Å². The third-order valence-electron chi connectivity index (χ3n) is 2.05. The minimum Gasteiger partial charge on any atom is -0.119 e. The van der Waals surface area contributed by atoms with E-state index in [0.29, 0.717) is 0 Å². The monoisotopic (exact) mass is 196 g/mol. The van der Waals surface area contributed by atoms with Crippen molar-refractivity contribution in [1.29, 1.82) is 0 Å². The Balaban J connectivity index is 3.04. The lowest BCUT2D eigenvalue weighted by molar-refractivity contribution is 1.20. The first kappa shape index (κ1) is 10.5. The molecule has 0 heterocycles. The third kappa shape index (κ3) is 2.22. The molecule has 0 saturated heterocycles. The fourth-order valence-electron chi connectivity index (χ4n) is 1.35. The number of terminal acetylenes is 2. The SMILES string of the molecule is C#CC1=CC=CC(C#C)C1=[SiH]CC=C. The van der Waals surface area contributed by atoms with Gasteiger partial charge in [0.15, 0.2) is 0 Å². The smallest absolute Gasteiger partial charge is 0.0599 e. The Labute approximate surface area is 87.9 Å². The molecule has 0 aromatic rings. The van der Waals surface area contributed by atoms with Gasteiger partial charge in [0.25, 0.3) is 0 Å². The molecular formula is C13H12Si. The molecule has 0 radical (unpaired) electrons. The molecule has 14 heavy (non-hydrogen) atoms. The number of rotatable bonds is 2. The first-order valence-corrected chi connectivity index (χ1v) is 5.85. The van der Waals surface area contributed by atoms with Crippen molar-refractivity contribution in [2.75, 3.05) is 0 Å². The topological polar surface area (TPSA) is 0 Å². The van der Waals surface area contributed by atoms with Crippen molar-refractivity contribution < 1.29 is 0 Å². The maximum Gasteiger partial charge on any atom is 0.0599 e. The van der Waals surface area contributed by atoms with Gasteiger partial charge >= 0.3 is 0 Å². The van der Waals surface area contributed by atoms with E-state index in [4.69, 9.17) is 12.8 Å². The molecule has 0 spiro atoms. The Morgan fingerprint density at radius 1 is 1.57 bits per heavy atom. The lowest BCUT2D eigenvalue weighted by Gasteiger charge is -2.14. The van der Waals surface area contributed by atoms with E-state index in [-0.39, 0.29) is 15.0 Å². The summed E-state index contributed by atoms with van der Waals surface area (Å²) in [6.07, 6.45) is 18.7. The molecule has 0 N–H and O–H groups in total. The van der Waals surface area contributed by atoms with E-state index < -0.39 is 0 Å². The maximum absolute atomic E-state index is 5.45. The normalized spacial score (nSPS) is 22.3. The summed E-state index contributed by atoms with van der Waals surface area (Å²) < 4.78 is 0. The summed E-state index contributed by atoms with van der Waals surface area (Å²) in [6.45, 7) is 3.71. The van der Waals surface area contributed by atoms with E-state index in [1.165, 1.54) is 5.17 Å². The molecule has 1 atom stereocenters. The van der Waals surface area contributed by atoms with Crippen molar-refractivity contribution >= 4 is 14.3 Å². The molecule has 0 saturated carbocycles. The van der Waals surface area contributed by atoms with E-state index >= 15 is 0 Å². The van der Waals surface area contributed by atoms with E-state index in [0.717, 1.165) is 11.6 Å². The summed E-state index contributed by atoms with van der Waals surface area (Å²) in [4.78, 5) is 0. The minimum atomic E-state index is 0.0981. The van der Waals surface area contributed by atoms with Gasteiger partial charge in [-0.05, 0) is 17.3 Å². The highest BCUT2D eigenvalue weighted by Crippen LogP contribution is 2.13. The molecule has 0 aromatic carbocycles. The summed E-state index contributed by atoms with van der Waals surface area (Å²) in [5.41, 5.74) is 0.965. The van der Waals surface area contributed by atoms with Crippen LogP contribution in [0.5, 0.6) is 0 Å². The van der Waals surface area contributed by atoms with Gasteiger partial charge in [0.1, 0.15) is 0 Å². The third-order valence-corrected chi connectivity index (χ3v) is 3.73. The van der Waals surface area contributed by atoms with Crippen LogP contribution in [0.15, 0.2) is 36.5 Å². The molecule has 0 aromatic heterocycles. The van der Waals surface area contributed by atoms with E-state index in [2.05, 4.69) is 18.4 Å². The van der Waals surface area contributed by atoms with Crippen LogP contribution in [0.2, 0.25) is 6.04 Å². The van der Waals surface area contributed by atoms with E-state index in [9.17, 15) is 0 Å². The van der Waals surface area contributed by atoms with Crippen LogP contribution in [-0.2, 0) is 0 Å². The molecule has 1 aliphatic carbocycles. The standard InChI is InChI=1S/C13H12Si/c1-4-10-14-13-11(5-2)8-7-9-12(13)6-3/h2-4,7-9,11,14H,1,10H2. The predicted molar refractivity (Wildman–Crippen MR) is 65.5 cm³/mol. The number of hydrogen-bond donors (Lipinski definition) is 0. The van der Waals surface area contributed by atoms with Crippen LogP contribution in [0, 0.1) is 30.6 Å². The van der Waals surface area contributed by atoms with Gasteiger partial charge in [-0.2, -0.15) is 0 Å². The van der Waals surface area contributed by atoms with Gasteiger partial charge in [0.05, 0.1) is 5.92 Å². The molecule has 1 aliphatic rings. The lowest BCUT2D eigenvalue weighted by atomic mass is 9.95. The highest BCUT2D eigenvalue weighted by molar-refractivity contribution is 6.60. The van der Waals surface area contributed by atoms with Crippen molar-refractivity contribution in [2.45, 2.75) is 6.04 Å². The molecule has 0 amide bonds. The summed E-state index contributed by atoms with van der Waals surface area (Å²) in [7, 11) is 0.146. The van der Waals surface area contributed by atoms with Crippen LogP contribution in [0.1, 0.15) is 0 Å². The number of allylic oxidation sites excluding steroid dienone is 5. The van der Waals surface area contributed by atoms with Gasteiger partial charge in [-0.1, -0.05) is 30.1 Å². The number of hydrogen-bond acceptors (Lipinski definition) is 0. The average Bonchev–Trinajstić information content (AvgIpc) is 2.25. The molecule has 0 fully saturated rings. The molecule has 68 valence electrons. The quantitative estimate of drug-likeness (QED) is 0.357.